The van der Waals surface area contributed by atoms with E-state index >= 15 is 0 Å². The number of likely N-dealkylation sites (tertiary alicyclic amines) is 2. The Kier molecular flexibility index (Phi) is 7.25. The molecule has 0 radical (unpaired) electrons. The van der Waals surface area contributed by atoms with E-state index in [1.54, 1.807) is 0 Å². The molecule has 2 fully saturated rings. The van der Waals surface area contributed by atoms with Crippen LogP contribution in [0.4, 0.5) is 13.2 Å². The topological polar surface area (TPSA) is 147 Å². The van der Waals surface area contributed by atoms with Crippen LogP contribution in [0.25, 0.3) is 0 Å². The Hall–Kier alpha value is -3.15. The molecule has 3 rings (SSSR count). The monoisotopic (exact) mass is 470 g/mol. The molecule has 0 bridgehead atoms. The molecule has 1 aromatic carbocycles. The van der Waals surface area contributed by atoms with E-state index in [9.17, 15) is 37.5 Å². The van der Waals surface area contributed by atoms with Gasteiger partial charge in [-0.2, -0.15) is 0 Å². The summed E-state index contributed by atoms with van der Waals surface area (Å²) in [6.45, 7) is 0.308. The zero-order chi connectivity index (χ0) is 24.4. The summed E-state index contributed by atoms with van der Waals surface area (Å²) < 4.78 is 40.5. The SMILES string of the molecule is NC(=O)C(C(=O)N1CCC([C@H](N)Cc2cc(F)c(F)cc2F)CC1)N1C(=O)CCC1C(=O)O. The first kappa shape index (κ1) is 24.5. The summed E-state index contributed by atoms with van der Waals surface area (Å²) >= 11 is 0. The highest BCUT2D eigenvalue weighted by Gasteiger charge is 2.47. The number of carbonyl (C=O) groups excluding carboxylic acids is 3. The highest BCUT2D eigenvalue weighted by atomic mass is 19.2. The molecule has 1 aromatic rings. The van der Waals surface area contributed by atoms with Crippen LogP contribution < -0.4 is 11.5 Å². The number of hydrogen-bond acceptors (Lipinski definition) is 5. The number of halogens is 3. The largest absolute Gasteiger partial charge is 0.480 e. The number of carbonyl (C=O) groups is 4. The number of nitrogens with zero attached hydrogens (tertiary/aromatic N) is 2. The minimum atomic E-state index is -1.72. The molecule has 0 spiro atoms. The Balaban J connectivity index is 1.65. The number of hydrogen-bond donors (Lipinski definition) is 3. The number of carboxylic acid groups (broad SMARTS) is 1. The lowest BCUT2D eigenvalue weighted by Crippen LogP contribution is -2.60. The van der Waals surface area contributed by atoms with Gasteiger partial charge in [0.15, 0.2) is 17.7 Å². The minimum Gasteiger partial charge on any atom is -0.480 e. The Morgan fingerprint density at radius 1 is 1.06 bits per heavy atom. The highest BCUT2D eigenvalue weighted by Crippen LogP contribution is 2.27. The second-order valence-corrected chi connectivity index (χ2v) is 8.39. The van der Waals surface area contributed by atoms with Gasteiger partial charge in [-0.3, -0.25) is 14.4 Å². The van der Waals surface area contributed by atoms with Gasteiger partial charge < -0.3 is 26.4 Å². The van der Waals surface area contributed by atoms with Crippen molar-refractivity contribution >= 4 is 23.7 Å². The predicted molar refractivity (Wildman–Crippen MR) is 108 cm³/mol. The van der Waals surface area contributed by atoms with Crippen LogP contribution in [0, 0.1) is 23.4 Å². The molecule has 12 heteroatoms. The molecule has 3 amide bonds. The normalized spacial score (nSPS) is 21.2. The van der Waals surface area contributed by atoms with Crippen LogP contribution in [-0.4, -0.2) is 69.8 Å². The Bertz CT molecular complexity index is 967. The molecular weight excluding hydrogens is 445 g/mol. The van der Waals surface area contributed by atoms with Crippen molar-refractivity contribution < 1.29 is 37.5 Å². The van der Waals surface area contributed by atoms with E-state index in [0.29, 0.717) is 18.9 Å². The maximum atomic E-state index is 13.9. The number of aliphatic carboxylic acids is 1. The number of carboxylic acids is 1. The van der Waals surface area contributed by atoms with Crippen molar-refractivity contribution in [2.75, 3.05) is 13.1 Å². The number of nitrogens with two attached hydrogens (primary N) is 2. The third-order valence-corrected chi connectivity index (χ3v) is 6.32. The zero-order valence-electron chi connectivity index (χ0n) is 17.7. The van der Waals surface area contributed by atoms with Gasteiger partial charge in [0.05, 0.1) is 0 Å². The minimum absolute atomic E-state index is 0.0251. The molecule has 9 nitrogen and oxygen atoms in total. The lowest BCUT2D eigenvalue weighted by atomic mass is 9.86. The second kappa shape index (κ2) is 9.77. The fraction of sp³-hybridized carbons (Fsp3) is 0.524. The summed E-state index contributed by atoms with van der Waals surface area (Å²) in [4.78, 5) is 50.7. The van der Waals surface area contributed by atoms with Crippen molar-refractivity contribution in [3.63, 3.8) is 0 Å². The van der Waals surface area contributed by atoms with E-state index in [-0.39, 0.29) is 43.8 Å². The summed E-state index contributed by atoms with van der Waals surface area (Å²) in [6.07, 6.45) is 0.586. The first-order valence-corrected chi connectivity index (χ1v) is 10.5. The van der Waals surface area contributed by atoms with Gasteiger partial charge in [0.2, 0.25) is 11.8 Å². The molecule has 33 heavy (non-hydrogen) atoms. The van der Waals surface area contributed by atoms with Crippen molar-refractivity contribution in [2.24, 2.45) is 17.4 Å². The van der Waals surface area contributed by atoms with Crippen LogP contribution in [0.15, 0.2) is 12.1 Å². The smallest absolute Gasteiger partial charge is 0.326 e. The third kappa shape index (κ3) is 5.10. The van der Waals surface area contributed by atoms with Gasteiger partial charge >= 0.3 is 5.97 Å². The van der Waals surface area contributed by atoms with Crippen molar-refractivity contribution in [3.05, 3.63) is 35.1 Å². The summed E-state index contributed by atoms with van der Waals surface area (Å²) in [6, 6.07) is -2.39. The molecule has 3 atom stereocenters. The number of rotatable bonds is 7. The quantitative estimate of drug-likeness (QED) is 0.382. The van der Waals surface area contributed by atoms with Gasteiger partial charge in [-0.25, -0.2) is 18.0 Å². The van der Waals surface area contributed by atoms with Crippen LogP contribution in [-0.2, 0) is 25.6 Å². The number of piperidine rings is 1. The molecule has 0 aliphatic carbocycles. The van der Waals surface area contributed by atoms with Gasteiger partial charge in [0.1, 0.15) is 11.9 Å². The third-order valence-electron chi connectivity index (χ3n) is 6.32. The van der Waals surface area contributed by atoms with Gasteiger partial charge in [-0.1, -0.05) is 0 Å². The van der Waals surface area contributed by atoms with E-state index in [2.05, 4.69) is 0 Å². The summed E-state index contributed by atoms with van der Waals surface area (Å²) in [5, 5.41) is 9.34. The van der Waals surface area contributed by atoms with Gasteiger partial charge in [-0.05, 0) is 43.2 Å². The van der Waals surface area contributed by atoms with Crippen molar-refractivity contribution in [1.29, 1.82) is 0 Å². The average Bonchev–Trinajstić information content (AvgIpc) is 3.13. The van der Waals surface area contributed by atoms with E-state index in [4.69, 9.17) is 11.5 Å². The first-order valence-electron chi connectivity index (χ1n) is 10.5. The van der Waals surface area contributed by atoms with E-state index < -0.39 is 59.3 Å². The van der Waals surface area contributed by atoms with E-state index in [1.807, 2.05) is 0 Å². The molecule has 2 aliphatic heterocycles. The van der Waals surface area contributed by atoms with Crippen LogP contribution in [0.5, 0.6) is 0 Å². The van der Waals surface area contributed by atoms with Crippen LogP contribution >= 0.6 is 0 Å². The molecule has 0 saturated carbocycles. The molecule has 180 valence electrons. The molecule has 0 aromatic heterocycles. The first-order chi connectivity index (χ1) is 15.5. The van der Waals surface area contributed by atoms with Crippen LogP contribution in [0.1, 0.15) is 31.2 Å². The van der Waals surface area contributed by atoms with Gasteiger partial charge in [-0.15, -0.1) is 0 Å². The molecular formula is C21H25F3N4O5. The lowest BCUT2D eigenvalue weighted by Gasteiger charge is -2.38. The lowest BCUT2D eigenvalue weighted by molar-refractivity contribution is -0.156. The zero-order valence-corrected chi connectivity index (χ0v) is 17.7. The second-order valence-electron chi connectivity index (χ2n) is 8.39. The Morgan fingerprint density at radius 2 is 1.67 bits per heavy atom. The standard InChI is InChI=1S/C21H25F3N4O5/c22-12-9-14(24)13(23)7-11(12)8-15(25)10-3-5-27(6-4-10)20(31)18(19(26)30)28-16(21(32)33)1-2-17(28)29/h7,9-10,15-16,18H,1-6,8,25H2,(H2,26,30)(H,32,33)/t15-,16?,18?/m1/s1. The van der Waals surface area contributed by atoms with Crippen molar-refractivity contribution in [2.45, 2.75) is 50.2 Å². The van der Waals surface area contributed by atoms with E-state index in [0.717, 1.165) is 11.0 Å². The molecule has 2 heterocycles. The molecule has 5 N–H and O–H groups in total. The highest BCUT2D eigenvalue weighted by molar-refractivity contribution is 6.07. The number of benzene rings is 1. The Morgan fingerprint density at radius 3 is 2.24 bits per heavy atom. The van der Waals surface area contributed by atoms with Gasteiger partial charge in [0, 0.05) is 31.6 Å². The van der Waals surface area contributed by atoms with Crippen LogP contribution in [0.3, 0.4) is 0 Å². The van der Waals surface area contributed by atoms with Crippen molar-refractivity contribution in [3.8, 4) is 0 Å². The summed E-state index contributed by atoms with van der Waals surface area (Å²) in [5.74, 6) is -7.37. The molecule has 2 unspecified atom stereocenters. The number of amides is 3. The maximum absolute atomic E-state index is 13.9. The predicted octanol–water partition coefficient (Wildman–Crippen LogP) is 0.142. The van der Waals surface area contributed by atoms with Crippen molar-refractivity contribution in [1.82, 2.24) is 9.80 Å². The average molecular weight is 470 g/mol. The number of primary amides is 1. The van der Waals surface area contributed by atoms with E-state index in [1.165, 1.54) is 4.90 Å². The van der Waals surface area contributed by atoms with Crippen LogP contribution in [0.2, 0.25) is 0 Å². The Labute approximate surface area is 187 Å². The molecule has 2 aliphatic rings. The summed E-state index contributed by atoms with van der Waals surface area (Å²) in [5.41, 5.74) is 11.5. The molecule has 2 saturated heterocycles. The fourth-order valence-electron chi connectivity index (χ4n) is 4.51. The van der Waals surface area contributed by atoms with Gasteiger partial charge in [0.25, 0.3) is 5.91 Å². The fourth-order valence-corrected chi connectivity index (χ4v) is 4.51. The summed E-state index contributed by atoms with van der Waals surface area (Å²) in [7, 11) is 0. The maximum Gasteiger partial charge on any atom is 0.326 e.